The van der Waals surface area contributed by atoms with Crippen molar-refractivity contribution in [3.05, 3.63) is 112 Å². The number of aldehydes is 1. The van der Waals surface area contributed by atoms with E-state index in [-0.39, 0.29) is 10.7 Å². The summed E-state index contributed by atoms with van der Waals surface area (Å²) in [6.45, 7) is 3.70. The molecule has 0 spiro atoms. The van der Waals surface area contributed by atoms with Crippen molar-refractivity contribution >= 4 is 52.7 Å². The predicted octanol–water partition coefficient (Wildman–Crippen LogP) is 9.06. The van der Waals surface area contributed by atoms with Crippen molar-refractivity contribution in [1.29, 1.82) is 0 Å². The van der Waals surface area contributed by atoms with E-state index in [1.54, 1.807) is 0 Å². The maximum absolute atomic E-state index is 11.3. The first-order chi connectivity index (χ1) is 19.2. The number of pyridine rings is 1. The maximum atomic E-state index is 11.3. The summed E-state index contributed by atoms with van der Waals surface area (Å²) < 4.78 is 0. The molecule has 0 amide bonds. The summed E-state index contributed by atoms with van der Waals surface area (Å²) in [7, 11) is 0. The van der Waals surface area contributed by atoms with E-state index in [0.717, 1.165) is 65.4 Å². The summed E-state index contributed by atoms with van der Waals surface area (Å²) >= 11 is 8.14. The van der Waals surface area contributed by atoms with Crippen molar-refractivity contribution in [3.63, 3.8) is 0 Å². The van der Waals surface area contributed by atoms with Crippen LogP contribution in [0.25, 0.3) is 23.1 Å². The van der Waals surface area contributed by atoms with Gasteiger partial charge in [0.25, 0.3) is 0 Å². The second kappa shape index (κ2) is 12.3. The molecule has 0 aliphatic heterocycles. The fourth-order valence-corrected chi connectivity index (χ4v) is 7.00. The van der Waals surface area contributed by atoms with Gasteiger partial charge in [-0.05, 0) is 97.2 Å². The molecule has 1 aromatic heterocycles. The standard InChI is InChI=1S/C35H36ClNO2S/c1-34(2,39)31-9-4-3-7-26(31)13-17-33(40-24-35(18-19-35)20-21-38)28-8-5-6-25(22-28)10-15-30-16-12-27-11-14-29(36)23-32(27)37-30/h3-12,14-16,21-23,33,39H,13,17-20,24H2,1-2H3/b15-10+. The third-order valence-electron chi connectivity index (χ3n) is 7.82. The van der Waals surface area contributed by atoms with Gasteiger partial charge in [0.1, 0.15) is 6.29 Å². The molecule has 0 radical (unpaired) electrons. The van der Waals surface area contributed by atoms with Gasteiger partial charge < -0.3 is 9.90 Å². The minimum atomic E-state index is -0.881. The van der Waals surface area contributed by atoms with Crippen molar-refractivity contribution < 1.29 is 9.90 Å². The molecule has 1 saturated carbocycles. The van der Waals surface area contributed by atoms with Crippen LogP contribution in [-0.4, -0.2) is 22.1 Å². The number of halogens is 1. The van der Waals surface area contributed by atoms with Crippen LogP contribution in [0.3, 0.4) is 0 Å². The number of benzene rings is 3. The van der Waals surface area contributed by atoms with Crippen LogP contribution in [0.2, 0.25) is 5.02 Å². The van der Waals surface area contributed by atoms with Crippen LogP contribution in [0.15, 0.2) is 78.9 Å². The Bertz CT molecular complexity index is 1520. The Morgan fingerprint density at radius 2 is 1.82 bits per heavy atom. The highest BCUT2D eigenvalue weighted by Gasteiger charge is 2.42. The van der Waals surface area contributed by atoms with E-state index in [9.17, 15) is 9.90 Å². The summed E-state index contributed by atoms with van der Waals surface area (Å²) in [4.78, 5) is 16.0. The first-order valence-corrected chi connectivity index (χ1v) is 15.4. The minimum Gasteiger partial charge on any atom is -0.386 e. The number of fused-ring (bicyclic) bond motifs is 1. The summed E-state index contributed by atoms with van der Waals surface area (Å²) in [5.41, 5.74) is 5.66. The van der Waals surface area contributed by atoms with Gasteiger partial charge in [0.15, 0.2) is 0 Å². The van der Waals surface area contributed by atoms with Crippen molar-refractivity contribution in [2.75, 3.05) is 5.75 Å². The highest BCUT2D eigenvalue weighted by Crippen LogP contribution is 2.53. The molecule has 1 unspecified atom stereocenters. The van der Waals surface area contributed by atoms with E-state index in [2.05, 4.69) is 48.5 Å². The second-order valence-electron chi connectivity index (χ2n) is 11.5. The Morgan fingerprint density at radius 1 is 1.02 bits per heavy atom. The number of rotatable bonds is 12. The van der Waals surface area contributed by atoms with Crippen LogP contribution in [0, 0.1) is 5.41 Å². The van der Waals surface area contributed by atoms with Crippen LogP contribution < -0.4 is 0 Å². The normalized spacial score (nSPS) is 15.4. The van der Waals surface area contributed by atoms with Gasteiger partial charge in [-0.2, -0.15) is 11.8 Å². The average molecular weight is 570 g/mol. The lowest BCUT2D eigenvalue weighted by Gasteiger charge is -2.24. The lowest BCUT2D eigenvalue weighted by molar-refractivity contribution is -0.108. The molecule has 1 N–H and O–H groups in total. The highest BCUT2D eigenvalue weighted by atomic mass is 35.5. The van der Waals surface area contributed by atoms with Gasteiger partial charge in [0, 0.05) is 22.1 Å². The molecule has 3 aromatic carbocycles. The predicted molar refractivity (Wildman–Crippen MR) is 170 cm³/mol. The number of hydrogen-bond acceptors (Lipinski definition) is 4. The summed E-state index contributed by atoms with van der Waals surface area (Å²) in [5, 5.41) is 12.8. The second-order valence-corrected chi connectivity index (χ2v) is 13.1. The Kier molecular flexibility index (Phi) is 8.80. The van der Waals surface area contributed by atoms with Crippen molar-refractivity contribution in [3.8, 4) is 0 Å². The molecule has 3 nitrogen and oxygen atoms in total. The fraction of sp³-hybridized carbons (Fsp3) is 0.314. The molecule has 1 fully saturated rings. The van der Waals surface area contributed by atoms with Crippen LogP contribution in [0.4, 0.5) is 0 Å². The molecular formula is C35H36ClNO2S. The van der Waals surface area contributed by atoms with E-state index in [4.69, 9.17) is 16.6 Å². The molecule has 206 valence electrons. The van der Waals surface area contributed by atoms with Crippen LogP contribution in [0.5, 0.6) is 0 Å². The zero-order chi connectivity index (χ0) is 28.2. The molecule has 5 rings (SSSR count). The molecular weight excluding hydrogens is 534 g/mol. The smallest absolute Gasteiger partial charge is 0.120 e. The zero-order valence-corrected chi connectivity index (χ0v) is 24.7. The number of hydrogen-bond donors (Lipinski definition) is 1. The van der Waals surface area contributed by atoms with Gasteiger partial charge in [-0.1, -0.05) is 78.3 Å². The van der Waals surface area contributed by atoms with Gasteiger partial charge in [-0.15, -0.1) is 0 Å². The third-order valence-corrected chi connectivity index (χ3v) is 9.75. The molecule has 1 aliphatic carbocycles. The SMILES string of the molecule is CC(C)(O)c1ccccc1CCC(SCC1(CC=O)CC1)c1cccc(/C=C/c2ccc3ccc(Cl)cc3n2)c1. The van der Waals surface area contributed by atoms with Gasteiger partial charge >= 0.3 is 0 Å². The summed E-state index contributed by atoms with van der Waals surface area (Å²) in [5.74, 6) is 0.993. The molecule has 1 aliphatic rings. The number of carbonyl (C=O) groups is 1. The average Bonchev–Trinajstić information content (AvgIpc) is 3.71. The molecule has 0 saturated heterocycles. The molecule has 5 heteroatoms. The van der Waals surface area contributed by atoms with E-state index in [0.29, 0.717) is 11.4 Å². The number of aromatic nitrogens is 1. The van der Waals surface area contributed by atoms with Crippen LogP contribution in [-0.2, 0) is 16.8 Å². The Hall–Kier alpha value is -2.92. The minimum absolute atomic E-state index is 0.178. The third kappa shape index (κ3) is 7.23. The van der Waals surface area contributed by atoms with Gasteiger partial charge in [0.2, 0.25) is 0 Å². The van der Waals surface area contributed by atoms with Gasteiger partial charge in [-0.3, -0.25) is 0 Å². The van der Waals surface area contributed by atoms with E-state index in [1.165, 1.54) is 11.1 Å². The number of aliphatic hydroxyl groups is 1. The van der Waals surface area contributed by atoms with Gasteiger partial charge in [0.05, 0.1) is 16.8 Å². The van der Waals surface area contributed by atoms with Crippen molar-refractivity contribution in [2.24, 2.45) is 5.41 Å². The molecule has 40 heavy (non-hydrogen) atoms. The number of thioether (sulfide) groups is 1. The van der Waals surface area contributed by atoms with Crippen LogP contribution in [0.1, 0.15) is 72.7 Å². The highest BCUT2D eigenvalue weighted by molar-refractivity contribution is 7.99. The Labute approximate surface area is 246 Å². The molecule has 0 bridgehead atoms. The van der Waals surface area contributed by atoms with E-state index in [1.807, 2.05) is 68.1 Å². The molecule has 1 heterocycles. The molecule has 4 aromatic rings. The fourth-order valence-electron chi connectivity index (χ4n) is 5.25. The Balaban J connectivity index is 1.37. The number of nitrogens with zero attached hydrogens (tertiary/aromatic N) is 1. The summed E-state index contributed by atoms with van der Waals surface area (Å²) in [6.07, 6.45) is 10.0. The number of carbonyl (C=O) groups excluding carboxylic acids is 1. The number of aryl methyl sites for hydroxylation is 1. The lowest BCUT2D eigenvalue weighted by Crippen LogP contribution is -2.18. The molecule has 1 atom stereocenters. The van der Waals surface area contributed by atoms with Gasteiger partial charge in [-0.25, -0.2) is 4.98 Å². The lowest BCUT2D eigenvalue weighted by atomic mass is 9.90. The quantitative estimate of drug-likeness (QED) is 0.173. The van der Waals surface area contributed by atoms with Crippen molar-refractivity contribution in [1.82, 2.24) is 4.98 Å². The maximum Gasteiger partial charge on any atom is 0.120 e. The topological polar surface area (TPSA) is 50.2 Å². The van der Waals surface area contributed by atoms with Crippen LogP contribution >= 0.6 is 23.4 Å². The van der Waals surface area contributed by atoms with E-state index >= 15 is 0 Å². The monoisotopic (exact) mass is 569 g/mol. The van der Waals surface area contributed by atoms with Crippen molar-refractivity contribution in [2.45, 2.75) is 56.8 Å². The first-order valence-electron chi connectivity index (χ1n) is 14.0. The Morgan fingerprint density at radius 3 is 2.60 bits per heavy atom. The first kappa shape index (κ1) is 28.6. The largest absolute Gasteiger partial charge is 0.386 e. The zero-order valence-electron chi connectivity index (χ0n) is 23.1. The summed E-state index contributed by atoms with van der Waals surface area (Å²) in [6, 6.07) is 26.8. The van der Waals surface area contributed by atoms with E-state index < -0.39 is 5.60 Å².